The Kier molecular flexibility index (Phi) is 6.35. The predicted molar refractivity (Wildman–Crippen MR) is 106 cm³/mol. The fourth-order valence-corrected chi connectivity index (χ4v) is 3.22. The molecule has 0 heterocycles. The van der Waals surface area contributed by atoms with Crippen LogP contribution in [-0.4, -0.2) is 25.0 Å². The Balaban J connectivity index is 1.46. The van der Waals surface area contributed by atoms with Gasteiger partial charge >= 0.3 is 0 Å². The van der Waals surface area contributed by atoms with E-state index >= 15 is 0 Å². The van der Waals surface area contributed by atoms with Gasteiger partial charge in [0.2, 0.25) is 11.8 Å². The summed E-state index contributed by atoms with van der Waals surface area (Å²) in [6.07, 6.45) is 1.28. The Morgan fingerprint density at radius 2 is 1.89 bits per heavy atom. The summed E-state index contributed by atoms with van der Waals surface area (Å²) in [7, 11) is 0. The third kappa shape index (κ3) is 5.23. The second-order valence-corrected chi connectivity index (χ2v) is 6.97. The Bertz CT molecular complexity index is 825. The molecule has 5 nitrogen and oxygen atoms in total. The van der Waals surface area contributed by atoms with E-state index in [1.807, 2.05) is 49.4 Å². The zero-order chi connectivity index (χ0) is 19.2. The second kappa shape index (κ2) is 8.91. The Morgan fingerprint density at radius 3 is 2.67 bits per heavy atom. The summed E-state index contributed by atoms with van der Waals surface area (Å²) in [6, 6.07) is 14.9. The van der Waals surface area contributed by atoms with Gasteiger partial charge in [0.05, 0.1) is 24.1 Å². The van der Waals surface area contributed by atoms with E-state index in [-0.39, 0.29) is 23.7 Å². The zero-order valence-electron chi connectivity index (χ0n) is 15.2. The first-order chi connectivity index (χ1) is 13.1. The molecule has 1 aliphatic rings. The highest BCUT2D eigenvalue weighted by molar-refractivity contribution is 6.30. The number of ether oxygens (including phenoxy) is 1. The fraction of sp³-hybridized carbons (Fsp3) is 0.333. The molecule has 1 aliphatic carbocycles. The number of carbonyl (C=O) groups is 2. The number of nitrogens with one attached hydrogen (secondary N) is 2. The molecule has 2 atom stereocenters. The van der Waals surface area contributed by atoms with E-state index in [9.17, 15) is 9.59 Å². The fourth-order valence-electron chi connectivity index (χ4n) is 3.00. The van der Waals surface area contributed by atoms with Gasteiger partial charge in [-0.15, -0.1) is 0 Å². The third-order valence-electron chi connectivity index (χ3n) is 4.51. The van der Waals surface area contributed by atoms with Crippen molar-refractivity contribution in [2.75, 3.05) is 18.5 Å². The van der Waals surface area contributed by atoms with Gasteiger partial charge < -0.3 is 15.4 Å². The first-order valence-electron chi connectivity index (χ1n) is 9.13. The lowest BCUT2D eigenvalue weighted by atomic mass is 10.1. The van der Waals surface area contributed by atoms with Crippen molar-refractivity contribution in [3.8, 4) is 5.75 Å². The van der Waals surface area contributed by atoms with E-state index < -0.39 is 0 Å². The van der Waals surface area contributed by atoms with Crippen LogP contribution >= 0.6 is 11.6 Å². The third-order valence-corrected chi connectivity index (χ3v) is 4.75. The number of benzene rings is 2. The van der Waals surface area contributed by atoms with Crippen LogP contribution in [0.3, 0.4) is 0 Å². The van der Waals surface area contributed by atoms with Crippen molar-refractivity contribution < 1.29 is 14.3 Å². The first kappa shape index (κ1) is 19.2. The summed E-state index contributed by atoms with van der Waals surface area (Å²) in [5.74, 6) is -0.126. The van der Waals surface area contributed by atoms with Crippen LogP contribution in [-0.2, 0) is 16.0 Å². The number of anilines is 1. The number of hydrogen-bond donors (Lipinski definition) is 2. The number of halogens is 1. The van der Waals surface area contributed by atoms with Gasteiger partial charge in [-0.05, 0) is 49.6 Å². The van der Waals surface area contributed by atoms with Crippen LogP contribution in [0.25, 0.3) is 0 Å². The van der Waals surface area contributed by atoms with E-state index in [1.54, 1.807) is 6.07 Å². The average molecular weight is 387 g/mol. The topological polar surface area (TPSA) is 67.4 Å². The monoisotopic (exact) mass is 386 g/mol. The number of para-hydroxylation sites is 2. The number of carbonyl (C=O) groups excluding carboxylic acids is 2. The van der Waals surface area contributed by atoms with Gasteiger partial charge in [-0.2, -0.15) is 0 Å². The molecule has 0 aromatic heterocycles. The minimum atomic E-state index is -0.286. The van der Waals surface area contributed by atoms with Crippen LogP contribution in [0.5, 0.6) is 5.75 Å². The molecule has 6 heteroatoms. The maximum atomic E-state index is 12.4. The molecular weight excluding hydrogens is 364 g/mol. The quantitative estimate of drug-likeness (QED) is 0.727. The van der Waals surface area contributed by atoms with E-state index in [0.29, 0.717) is 42.5 Å². The molecule has 142 valence electrons. The number of hydrogen-bond acceptors (Lipinski definition) is 3. The van der Waals surface area contributed by atoms with Crippen molar-refractivity contribution >= 4 is 29.1 Å². The molecule has 1 saturated carbocycles. The molecule has 0 aliphatic heterocycles. The molecule has 2 N–H and O–H groups in total. The molecule has 3 rings (SSSR count). The van der Waals surface area contributed by atoms with Crippen molar-refractivity contribution in [3.05, 3.63) is 59.1 Å². The summed E-state index contributed by atoms with van der Waals surface area (Å²) < 4.78 is 5.51. The minimum absolute atomic E-state index is 0.0738. The number of amides is 2. The maximum Gasteiger partial charge on any atom is 0.228 e. The predicted octanol–water partition coefficient (Wildman–Crippen LogP) is 3.67. The van der Waals surface area contributed by atoms with Crippen molar-refractivity contribution in [1.82, 2.24) is 5.32 Å². The van der Waals surface area contributed by atoms with Crippen LogP contribution in [0.15, 0.2) is 48.5 Å². The summed E-state index contributed by atoms with van der Waals surface area (Å²) in [5, 5.41) is 6.46. The lowest BCUT2D eigenvalue weighted by molar-refractivity contribution is -0.125. The smallest absolute Gasteiger partial charge is 0.228 e. The van der Waals surface area contributed by atoms with Gasteiger partial charge in [0, 0.05) is 11.6 Å². The van der Waals surface area contributed by atoms with Gasteiger partial charge in [-0.3, -0.25) is 9.59 Å². The average Bonchev–Trinajstić information content (AvgIpc) is 3.45. The van der Waals surface area contributed by atoms with E-state index in [2.05, 4.69) is 10.6 Å². The van der Waals surface area contributed by atoms with Crippen molar-refractivity contribution in [3.63, 3.8) is 0 Å². The highest BCUT2D eigenvalue weighted by atomic mass is 35.5. The van der Waals surface area contributed by atoms with Gasteiger partial charge in [0.15, 0.2) is 0 Å². The summed E-state index contributed by atoms with van der Waals surface area (Å²) in [5.41, 5.74) is 1.71. The zero-order valence-corrected chi connectivity index (χ0v) is 16.0. The van der Waals surface area contributed by atoms with Crippen LogP contribution in [0.4, 0.5) is 5.69 Å². The van der Waals surface area contributed by atoms with Gasteiger partial charge in [-0.25, -0.2) is 0 Å². The molecule has 2 aromatic carbocycles. The molecule has 2 aromatic rings. The molecule has 0 radical (unpaired) electrons. The van der Waals surface area contributed by atoms with Crippen molar-refractivity contribution in [2.45, 2.75) is 19.8 Å². The largest absolute Gasteiger partial charge is 0.492 e. The van der Waals surface area contributed by atoms with Crippen LogP contribution in [0.2, 0.25) is 5.02 Å². The summed E-state index contributed by atoms with van der Waals surface area (Å²) >= 11 is 5.96. The molecule has 0 bridgehead atoms. The molecule has 27 heavy (non-hydrogen) atoms. The Morgan fingerprint density at radius 1 is 1.11 bits per heavy atom. The minimum Gasteiger partial charge on any atom is -0.492 e. The standard InChI is InChI=1S/C21H23ClN2O3/c1-2-27-19-9-4-3-8-18(19)24-21(26)17-13-16(17)20(25)23-11-10-14-6-5-7-15(22)12-14/h3-9,12,16-17H,2,10-11,13H2,1H3,(H,23,25)(H,24,26). The molecular formula is C21H23ClN2O3. The maximum absolute atomic E-state index is 12.4. The highest BCUT2D eigenvalue weighted by Crippen LogP contribution is 2.40. The normalized spacial score (nSPS) is 17.9. The molecule has 0 saturated heterocycles. The molecule has 1 fully saturated rings. The van der Waals surface area contributed by atoms with Crippen LogP contribution in [0, 0.1) is 11.8 Å². The molecule has 2 unspecified atom stereocenters. The van der Waals surface area contributed by atoms with E-state index in [1.165, 1.54) is 0 Å². The van der Waals surface area contributed by atoms with Crippen LogP contribution < -0.4 is 15.4 Å². The van der Waals surface area contributed by atoms with Gasteiger partial charge in [0.25, 0.3) is 0 Å². The SMILES string of the molecule is CCOc1ccccc1NC(=O)C1CC1C(=O)NCCc1cccc(Cl)c1. The van der Waals surface area contributed by atoms with Crippen LogP contribution in [0.1, 0.15) is 18.9 Å². The highest BCUT2D eigenvalue weighted by Gasteiger charge is 2.48. The lowest BCUT2D eigenvalue weighted by Gasteiger charge is -2.11. The summed E-state index contributed by atoms with van der Waals surface area (Å²) in [6.45, 7) is 2.94. The lowest BCUT2D eigenvalue weighted by Crippen LogP contribution is -2.29. The summed E-state index contributed by atoms with van der Waals surface area (Å²) in [4.78, 5) is 24.7. The Labute approximate surface area is 164 Å². The van der Waals surface area contributed by atoms with Crippen molar-refractivity contribution in [1.29, 1.82) is 0 Å². The second-order valence-electron chi connectivity index (χ2n) is 6.54. The number of rotatable bonds is 8. The van der Waals surface area contributed by atoms with E-state index in [0.717, 1.165) is 5.56 Å². The van der Waals surface area contributed by atoms with E-state index in [4.69, 9.17) is 16.3 Å². The molecule has 0 spiro atoms. The molecule has 2 amide bonds. The van der Waals surface area contributed by atoms with Gasteiger partial charge in [0.1, 0.15) is 5.75 Å². The first-order valence-corrected chi connectivity index (χ1v) is 9.51. The Hall–Kier alpha value is -2.53. The van der Waals surface area contributed by atoms with Crippen molar-refractivity contribution in [2.24, 2.45) is 11.8 Å². The van der Waals surface area contributed by atoms with Gasteiger partial charge in [-0.1, -0.05) is 35.9 Å².